The largest absolute Gasteiger partial charge is 0.298 e. The lowest BCUT2D eigenvalue weighted by atomic mass is 10.3. The van der Waals surface area contributed by atoms with Gasteiger partial charge in [0.2, 0.25) is 0 Å². The van der Waals surface area contributed by atoms with Crippen molar-refractivity contribution in [2.24, 2.45) is 0 Å². The van der Waals surface area contributed by atoms with Crippen LogP contribution in [0, 0.1) is 0 Å². The number of aromatic nitrogens is 1. The van der Waals surface area contributed by atoms with Gasteiger partial charge in [0.15, 0.2) is 15.0 Å². The normalized spacial score (nSPS) is 11.7. The molecule has 0 fully saturated rings. The van der Waals surface area contributed by atoms with E-state index in [9.17, 15) is 13.2 Å². The van der Waals surface area contributed by atoms with Crippen LogP contribution in [-0.2, 0) is 9.84 Å². The number of thiazole rings is 1. The Morgan fingerprint density at radius 3 is 2.76 bits per heavy atom. The van der Waals surface area contributed by atoms with Crippen molar-refractivity contribution in [1.29, 1.82) is 0 Å². The summed E-state index contributed by atoms with van der Waals surface area (Å²) in [5, 5.41) is 6.75. The molecule has 5 nitrogen and oxygen atoms in total. The molecule has 1 N–H and O–H groups in total. The van der Waals surface area contributed by atoms with E-state index in [0.717, 1.165) is 11.0 Å². The minimum Gasteiger partial charge on any atom is -0.298 e. The Hall–Kier alpha value is -1.77. The predicted octanol–water partition coefficient (Wildman–Crippen LogP) is 3.01. The average Bonchev–Trinajstić information content (AvgIpc) is 3.05. The number of carbonyl (C=O) groups is 1. The van der Waals surface area contributed by atoms with Gasteiger partial charge in [-0.3, -0.25) is 10.1 Å². The predicted molar refractivity (Wildman–Crippen MR) is 85.0 cm³/mol. The fraction of sp³-hybridized carbons (Fsp3) is 0.0769. The van der Waals surface area contributed by atoms with E-state index in [1.54, 1.807) is 23.6 Å². The lowest BCUT2D eigenvalue weighted by Crippen LogP contribution is -2.10. The number of carbonyl (C=O) groups excluding carboxylic acids is 1. The van der Waals surface area contributed by atoms with E-state index in [1.807, 2.05) is 5.38 Å². The summed E-state index contributed by atoms with van der Waals surface area (Å²) >= 11 is 2.69. The van der Waals surface area contributed by atoms with Crippen molar-refractivity contribution >= 4 is 53.8 Å². The summed E-state index contributed by atoms with van der Waals surface area (Å²) in [7, 11) is -3.25. The molecule has 8 heteroatoms. The first-order valence-corrected chi connectivity index (χ1v) is 9.53. The molecule has 108 valence electrons. The van der Waals surface area contributed by atoms with Gasteiger partial charge in [0.05, 0.1) is 20.7 Å². The van der Waals surface area contributed by atoms with Gasteiger partial charge < -0.3 is 0 Å². The van der Waals surface area contributed by atoms with Gasteiger partial charge in [-0.1, -0.05) is 11.3 Å². The van der Waals surface area contributed by atoms with Crippen molar-refractivity contribution in [3.8, 4) is 0 Å². The van der Waals surface area contributed by atoms with Crippen molar-refractivity contribution in [3.05, 3.63) is 40.6 Å². The van der Waals surface area contributed by atoms with Gasteiger partial charge in [0, 0.05) is 11.6 Å². The van der Waals surface area contributed by atoms with Gasteiger partial charge in [-0.25, -0.2) is 13.4 Å². The summed E-state index contributed by atoms with van der Waals surface area (Å²) < 4.78 is 23.8. The zero-order valence-corrected chi connectivity index (χ0v) is 13.3. The Morgan fingerprint density at radius 1 is 1.29 bits per heavy atom. The van der Waals surface area contributed by atoms with E-state index >= 15 is 0 Å². The third-order valence-electron chi connectivity index (χ3n) is 2.79. The van der Waals surface area contributed by atoms with E-state index in [4.69, 9.17) is 0 Å². The summed E-state index contributed by atoms with van der Waals surface area (Å²) in [6, 6.07) is 6.46. The van der Waals surface area contributed by atoms with Crippen LogP contribution in [0.15, 0.2) is 39.9 Å². The molecule has 2 aromatic heterocycles. The molecule has 1 aromatic carbocycles. The Bertz CT molecular complexity index is 911. The monoisotopic (exact) mass is 338 g/mol. The Balaban J connectivity index is 1.93. The highest BCUT2D eigenvalue weighted by Gasteiger charge is 2.13. The molecule has 0 aliphatic carbocycles. The van der Waals surface area contributed by atoms with Gasteiger partial charge in [0.1, 0.15) is 0 Å². The van der Waals surface area contributed by atoms with Crippen molar-refractivity contribution in [2.75, 3.05) is 11.6 Å². The molecule has 0 saturated carbocycles. The van der Waals surface area contributed by atoms with Crippen LogP contribution in [0.5, 0.6) is 0 Å². The fourth-order valence-electron chi connectivity index (χ4n) is 1.75. The lowest BCUT2D eigenvalue weighted by molar-refractivity contribution is 0.102. The number of hydrogen-bond acceptors (Lipinski definition) is 6. The molecule has 0 unspecified atom stereocenters. The van der Waals surface area contributed by atoms with Crippen LogP contribution in [0.4, 0.5) is 5.13 Å². The van der Waals surface area contributed by atoms with E-state index in [-0.39, 0.29) is 10.8 Å². The lowest BCUT2D eigenvalue weighted by Gasteiger charge is -1.97. The van der Waals surface area contributed by atoms with Gasteiger partial charge >= 0.3 is 0 Å². The van der Waals surface area contributed by atoms with E-state index in [2.05, 4.69) is 10.3 Å². The molecule has 0 radical (unpaired) electrons. The molecule has 1 amide bonds. The van der Waals surface area contributed by atoms with E-state index in [0.29, 0.717) is 16.2 Å². The maximum Gasteiger partial charge on any atom is 0.258 e. The standard InChI is InChI=1S/C13H10N2O3S3/c1-21(17,18)9-2-3-10-11(6-9)20-13(14-10)15-12(16)8-4-5-19-7-8/h2-7H,1H3,(H,14,15,16). The van der Waals surface area contributed by atoms with Crippen molar-refractivity contribution in [1.82, 2.24) is 4.98 Å². The van der Waals surface area contributed by atoms with Crippen molar-refractivity contribution in [3.63, 3.8) is 0 Å². The maximum absolute atomic E-state index is 11.9. The third kappa shape index (κ3) is 2.97. The van der Waals surface area contributed by atoms with Crippen LogP contribution in [0.25, 0.3) is 10.2 Å². The maximum atomic E-state index is 11.9. The van der Waals surface area contributed by atoms with Gasteiger partial charge in [-0.05, 0) is 29.6 Å². The second-order valence-corrected chi connectivity index (χ2v) is 8.21. The van der Waals surface area contributed by atoms with E-state index < -0.39 is 9.84 Å². The molecule has 0 atom stereocenters. The number of rotatable bonds is 3. The minimum absolute atomic E-state index is 0.223. The molecule has 2 heterocycles. The van der Waals surface area contributed by atoms with Crippen LogP contribution in [0.2, 0.25) is 0 Å². The zero-order valence-electron chi connectivity index (χ0n) is 10.9. The number of anilines is 1. The van der Waals surface area contributed by atoms with Gasteiger partial charge in [-0.15, -0.1) is 0 Å². The summed E-state index contributed by atoms with van der Waals surface area (Å²) in [5.74, 6) is -0.223. The zero-order chi connectivity index (χ0) is 15.0. The summed E-state index contributed by atoms with van der Waals surface area (Å²) in [6.45, 7) is 0. The van der Waals surface area contributed by atoms with Crippen LogP contribution < -0.4 is 5.32 Å². The van der Waals surface area contributed by atoms with Crippen LogP contribution >= 0.6 is 22.7 Å². The molecule has 3 rings (SSSR count). The number of amides is 1. The summed E-state index contributed by atoms with van der Waals surface area (Å²) in [6.07, 6.45) is 1.16. The number of benzene rings is 1. The topological polar surface area (TPSA) is 76.1 Å². The molecule has 0 bridgehead atoms. The number of nitrogens with zero attached hydrogens (tertiary/aromatic N) is 1. The van der Waals surface area contributed by atoms with Gasteiger partial charge in [-0.2, -0.15) is 11.3 Å². The smallest absolute Gasteiger partial charge is 0.258 e. The number of fused-ring (bicyclic) bond motifs is 1. The number of nitrogens with one attached hydrogen (secondary N) is 1. The fourth-order valence-corrected chi connectivity index (χ4v) is 4.01. The molecular weight excluding hydrogens is 328 g/mol. The van der Waals surface area contributed by atoms with Gasteiger partial charge in [0.25, 0.3) is 5.91 Å². The molecule has 21 heavy (non-hydrogen) atoms. The summed E-state index contributed by atoms with van der Waals surface area (Å²) in [5.41, 5.74) is 1.24. The molecule has 3 aromatic rings. The second-order valence-electron chi connectivity index (χ2n) is 4.39. The van der Waals surface area contributed by atoms with Crippen LogP contribution in [0.1, 0.15) is 10.4 Å². The van der Waals surface area contributed by atoms with E-state index in [1.165, 1.54) is 28.7 Å². The Kier molecular flexibility index (Phi) is 3.52. The Labute approximate surface area is 129 Å². The number of sulfone groups is 1. The van der Waals surface area contributed by atoms with Crippen LogP contribution in [0.3, 0.4) is 0 Å². The average molecular weight is 338 g/mol. The number of thiophene rings is 1. The highest BCUT2D eigenvalue weighted by Crippen LogP contribution is 2.28. The molecule has 0 spiro atoms. The summed E-state index contributed by atoms with van der Waals surface area (Å²) in [4.78, 5) is 16.5. The quantitative estimate of drug-likeness (QED) is 0.796. The Morgan fingerprint density at radius 2 is 2.10 bits per heavy atom. The molecule has 0 aliphatic heterocycles. The first-order valence-electron chi connectivity index (χ1n) is 5.88. The SMILES string of the molecule is CS(=O)(=O)c1ccc2nc(NC(=O)c3ccsc3)sc2c1. The minimum atomic E-state index is -3.25. The highest BCUT2D eigenvalue weighted by atomic mass is 32.2. The third-order valence-corrected chi connectivity index (χ3v) is 5.52. The number of hydrogen-bond donors (Lipinski definition) is 1. The molecule has 0 saturated heterocycles. The highest BCUT2D eigenvalue weighted by molar-refractivity contribution is 7.90. The molecule has 0 aliphatic rings. The van der Waals surface area contributed by atoms with Crippen molar-refractivity contribution < 1.29 is 13.2 Å². The van der Waals surface area contributed by atoms with Crippen molar-refractivity contribution in [2.45, 2.75) is 4.90 Å². The first-order chi connectivity index (χ1) is 9.93. The van der Waals surface area contributed by atoms with Crippen LogP contribution in [-0.4, -0.2) is 25.6 Å². The first kappa shape index (κ1) is 14.2. The molecular formula is C13H10N2O3S3. The second kappa shape index (κ2) is 5.21.